The highest BCUT2D eigenvalue weighted by atomic mass is 16.5. The number of guanidine groups is 1. The maximum atomic E-state index is 11.2. The summed E-state index contributed by atoms with van der Waals surface area (Å²) in [5.41, 5.74) is 7.82. The highest BCUT2D eigenvalue weighted by Crippen LogP contribution is 2.34. The number of hydrogen-bond donors (Lipinski definition) is 3. The summed E-state index contributed by atoms with van der Waals surface area (Å²) >= 11 is 0. The number of amides is 1. The molecule has 3 rings (SSSR count). The van der Waals surface area contributed by atoms with Gasteiger partial charge in [0.1, 0.15) is 0 Å². The van der Waals surface area contributed by atoms with Gasteiger partial charge in [-0.25, -0.2) is 0 Å². The molecule has 1 aliphatic rings. The number of nitrogens with one attached hydrogen (secondary N) is 2. The van der Waals surface area contributed by atoms with E-state index in [9.17, 15) is 4.79 Å². The van der Waals surface area contributed by atoms with Gasteiger partial charge in [0, 0.05) is 31.3 Å². The summed E-state index contributed by atoms with van der Waals surface area (Å²) in [5, 5.41) is 6.61. The number of benzene rings is 2. The number of ether oxygens (including phenoxy) is 2. The zero-order valence-corrected chi connectivity index (χ0v) is 17.6. The molecule has 7 nitrogen and oxygen atoms in total. The molecule has 0 bridgehead atoms. The van der Waals surface area contributed by atoms with E-state index in [1.54, 1.807) is 26.3 Å². The van der Waals surface area contributed by atoms with Crippen LogP contribution in [0.5, 0.6) is 11.5 Å². The van der Waals surface area contributed by atoms with Crippen LogP contribution in [-0.4, -0.2) is 32.1 Å². The van der Waals surface area contributed by atoms with E-state index in [4.69, 9.17) is 15.2 Å². The Labute approximate surface area is 177 Å². The Morgan fingerprint density at radius 3 is 2.43 bits per heavy atom. The second-order valence-electron chi connectivity index (χ2n) is 7.31. The molecule has 1 saturated carbocycles. The molecule has 0 saturated heterocycles. The molecule has 0 aliphatic heterocycles. The third kappa shape index (κ3) is 5.65. The molecule has 2 aromatic rings. The van der Waals surface area contributed by atoms with Crippen LogP contribution in [0, 0.1) is 0 Å². The highest BCUT2D eigenvalue weighted by Gasteiger charge is 2.20. The predicted octanol–water partition coefficient (Wildman–Crippen LogP) is 2.98. The van der Waals surface area contributed by atoms with Crippen LogP contribution in [0.25, 0.3) is 0 Å². The van der Waals surface area contributed by atoms with Gasteiger partial charge in [0.15, 0.2) is 17.5 Å². The second kappa shape index (κ2) is 10.5. The number of carbonyl (C=O) groups is 1. The number of hydrogen-bond acceptors (Lipinski definition) is 4. The molecule has 1 fully saturated rings. The Morgan fingerprint density at radius 1 is 1.10 bits per heavy atom. The summed E-state index contributed by atoms with van der Waals surface area (Å²) in [6.07, 6.45) is 4.85. The lowest BCUT2D eigenvalue weighted by Crippen LogP contribution is -2.36. The number of carbonyl (C=O) groups excluding carboxylic acids is 1. The molecule has 160 valence electrons. The van der Waals surface area contributed by atoms with Crippen molar-refractivity contribution in [1.29, 1.82) is 0 Å². The normalized spacial score (nSPS) is 14.4. The predicted molar refractivity (Wildman–Crippen MR) is 118 cm³/mol. The lowest BCUT2D eigenvalue weighted by molar-refractivity contribution is 0.100. The van der Waals surface area contributed by atoms with Crippen LogP contribution >= 0.6 is 0 Å². The molecule has 0 unspecified atom stereocenters. The number of primary amides is 1. The van der Waals surface area contributed by atoms with Crippen LogP contribution in [0.2, 0.25) is 0 Å². The Morgan fingerprint density at radius 2 is 1.80 bits per heavy atom. The van der Waals surface area contributed by atoms with Crippen molar-refractivity contribution in [3.8, 4) is 11.5 Å². The summed E-state index contributed by atoms with van der Waals surface area (Å²) in [6.45, 7) is 1.13. The fraction of sp³-hybridized carbons (Fsp3) is 0.391. The quantitative estimate of drug-likeness (QED) is 0.459. The topological polar surface area (TPSA) is 98.0 Å². The fourth-order valence-corrected chi connectivity index (χ4v) is 3.54. The average molecular weight is 411 g/mol. The second-order valence-corrected chi connectivity index (χ2v) is 7.31. The third-order valence-electron chi connectivity index (χ3n) is 5.24. The minimum absolute atomic E-state index is 0.251. The summed E-state index contributed by atoms with van der Waals surface area (Å²) in [7, 11) is 3.39. The van der Waals surface area contributed by atoms with E-state index in [1.807, 2.05) is 30.3 Å². The third-order valence-corrected chi connectivity index (χ3v) is 5.24. The minimum Gasteiger partial charge on any atom is -0.493 e. The highest BCUT2D eigenvalue weighted by molar-refractivity contribution is 5.92. The smallest absolute Gasteiger partial charge is 0.248 e. The van der Waals surface area contributed by atoms with Crippen molar-refractivity contribution in [2.75, 3.05) is 14.2 Å². The first-order chi connectivity index (χ1) is 14.6. The molecule has 0 atom stereocenters. The van der Waals surface area contributed by atoms with Crippen LogP contribution in [0.3, 0.4) is 0 Å². The zero-order chi connectivity index (χ0) is 21.3. The zero-order valence-electron chi connectivity index (χ0n) is 17.6. The van der Waals surface area contributed by atoms with Gasteiger partial charge in [-0.15, -0.1) is 0 Å². The van der Waals surface area contributed by atoms with E-state index in [-0.39, 0.29) is 6.10 Å². The van der Waals surface area contributed by atoms with Gasteiger partial charge in [0.25, 0.3) is 0 Å². The van der Waals surface area contributed by atoms with Crippen LogP contribution in [0.1, 0.15) is 47.2 Å². The Bertz CT molecular complexity index is 875. The molecule has 4 N–H and O–H groups in total. The van der Waals surface area contributed by atoms with Crippen LogP contribution in [0.15, 0.2) is 47.5 Å². The van der Waals surface area contributed by atoms with E-state index >= 15 is 0 Å². The summed E-state index contributed by atoms with van der Waals surface area (Å²) in [4.78, 5) is 15.5. The molecule has 0 aromatic heterocycles. The Hall–Kier alpha value is -3.22. The monoisotopic (exact) mass is 410 g/mol. The number of aliphatic imine (C=N–C) groups is 1. The Balaban J connectivity index is 1.60. The first kappa shape index (κ1) is 21.5. The molecule has 0 heterocycles. The average Bonchev–Trinajstić information content (AvgIpc) is 3.28. The molecule has 1 amide bonds. The van der Waals surface area contributed by atoms with E-state index < -0.39 is 5.91 Å². The lowest BCUT2D eigenvalue weighted by Gasteiger charge is -2.20. The van der Waals surface area contributed by atoms with Crippen molar-refractivity contribution in [3.05, 3.63) is 59.2 Å². The number of rotatable bonds is 8. The fourth-order valence-electron chi connectivity index (χ4n) is 3.54. The van der Waals surface area contributed by atoms with Crippen molar-refractivity contribution in [3.63, 3.8) is 0 Å². The molecular weight excluding hydrogens is 380 g/mol. The van der Waals surface area contributed by atoms with Crippen molar-refractivity contribution in [2.45, 2.75) is 44.9 Å². The van der Waals surface area contributed by atoms with Crippen LogP contribution < -0.4 is 25.8 Å². The van der Waals surface area contributed by atoms with Gasteiger partial charge in [-0.2, -0.15) is 0 Å². The summed E-state index contributed by atoms with van der Waals surface area (Å²) in [6, 6.07) is 13.1. The van der Waals surface area contributed by atoms with Crippen LogP contribution in [-0.2, 0) is 13.1 Å². The number of para-hydroxylation sites is 1. The van der Waals surface area contributed by atoms with Crippen molar-refractivity contribution < 1.29 is 14.3 Å². The van der Waals surface area contributed by atoms with Gasteiger partial charge in [0.2, 0.25) is 5.91 Å². The van der Waals surface area contributed by atoms with Gasteiger partial charge in [-0.3, -0.25) is 9.79 Å². The lowest BCUT2D eigenvalue weighted by atomic mass is 10.1. The molecule has 7 heteroatoms. The maximum Gasteiger partial charge on any atom is 0.248 e. The SMILES string of the molecule is CN=C(NCc1ccc(C(N)=O)cc1)NCc1cccc(OC)c1OC1CCCC1. The first-order valence-electron chi connectivity index (χ1n) is 10.3. The number of nitrogens with two attached hydrogens (primary N) is 1. The minimum atomic E-state index is -0.430. The number of methoxy groups -OCH3 is 1. The molecular formula is C23H30N4O3. The summed E-state index contributed by atoms with van der Waals surface area (Å²) < 4.78 is 11.8. The van der Waals surface area contributed by atoms with Gasteiger partial charge in [-0.1, -0.05) is 24.3 Å². The Kier molecular flexibility index (Phi) is 7.54. The first-order valence-corrected chi connectivity index (χ1v) is 10.3. The van der Waals surface area contributed by atoms with Gasteiger partial charge < -0.3 is 25.8 Å². The summed E-state index contributed by atoms with van der Waals surface area (Å²) in [5.74, 6) is 1.79. The van der Waals surface area contributed by atoms with Crippen LogP contribution in [0.4, 0.5) is 0 Å². The largest absolute Gasteiger partial charge is 0.493 e. The van der Waals surface area contributed by atoms with Gasteiger partial charge in [-0.05, 0) is 49.4 Å². The standard InChI is InChI=1S/C23H30N4O3/c1-25-23(26-14-16-10-12-17(13-11-16)22(24)28)27-15-18-6-5-9-20(29-2)21(18)30-19-7-3-4-8-19/h5-6,9-13,19H,3-4,7-8,14-15H2,1-2H3,(H2,24,28)(H2,25,26,27). The molecule has 1 aliphatic carbocycles. The molecule has 0 spiro atoms. The van der Waals surface area contributed by atoms with Gasteiger partial charge in [0.05, 0.1) is 13.2 Å². The van der Waals surface area contributed by atoms with Crippen molar-refractivity contribution >= 4 is 11.9 Å². The molecule has 2 aromatic carbocycles. The number of nitrogens with zero attached hydrogens (tertiary/aromatic N) is 1. The van der Waals surface area contributed by atoms with E-state index in [2.05, 4.69) is 15.6 Å². The van der Waals surface area contributed by atoms with E-state index in [0.717, 1.165) is 35.5 Å². The van der Waals surface area contributed by atoms with E-state index in [1.165, 1.54) is 12.8 Å². The molecule has 30 heavy (non-hydrogen) atoms. The van der Waals surface area contributed by atoms with Crippen molar-refractivity contribution in [1.82, 2.24) is 10.6 Å². The van der Waals surface area contributed by atoms with Crippen molar-refractivity contribution in [2.24, 2.45) is 10.7 Å². The van der Waals surface area contributed by atoms with E-state index in [0.29, 0.717) is 24.6 Å². The maximum absolute atomic E-state index is 11.2. The molecule has 0 radical (unpaired) electrons. The van der Waals surface area contributed by atoms with Gasteiger partial charge >= 0.3 is 0 Å².